The normalized spacial score (nSPS) is 10.2. The fourth-order valence-electron chi connectivity index (χ4n) is 1.77. The topological polar surface area (TPSA) is 50.4 Å². The van der Waals surface area contributed by atoms with Crippen molar-refractivity contribution in [1.82, 2.24) is 5.32 Å². The lowest BCUT2D eigenvalue weighted by molar-refractivity contribution is 0.102. The predicted molar refractivity (Wildman–Crippen MR) is 78.0 cm³/mol. The van der Waals surface area contributed by atoms with Crippen molar-refractivity contribution >= 4 is 22.9 Å². The second-order valence-corrected chi connectivity index (χ2v) is 4.92. The minimum atomic E-state index is -0.145. The molecule has 0 spiro atoms. The molecule has 0 saturated carbocycles. The lowest BCUT2D eigenvalue weighted by Crippen LogP contribution is -2.12. The Labute approximate surface area is 116 Å². The van der Waals surface area contributed by atoms with Gasteiger partial charge in [0.05, 0.1) is 7.11 Å². The van der Waals surface area contributed by atoms with E-state index in [1.165, 1.54) is 11.3 Å². The third-order valence-corrected chi connectivity index (χ3v) is 3.52. The van der Waals surface area contributed by atoms with Crippen molar-refractivity contribution in [1.29, 1.82) is 0 Å². The van der Waals surface area contributed by atoms with Crippen molar-refractivity contribution in [2.24, 2.45) is 0 Å². The molecule has 0 bridgehead atoms. The summed E-state index contributed by atoms with van der Waals surface area (Å²) >= 11 is 1.37. The van der Waals surface area contributed by atoms with Crippen LogP contribution in [0, 0.1) is 0 Å². The maximum Gasteiger partial charge on any atom is 0.269 e. The Kier molecular flexibility index (Phi) is 4.54. The summed E-state index contributed by atoms with van der Waals surface area (Å²) in [7, 11) is 3.45. The van der Waals surface area contributed by atoms with Crippen LogP contribution in [0.3, 0.4) is 0 Å². The van der Waals surface area contributed by atoms with Crippen LogP contribution in [0.15, 0.2) is 35.7 Å². The van der Waals surface area contributed by atoms with Crippen LogP contribution in [-0.2, 0) is 6.54 Å². The molecule has 0 radical (unpaired) electrons. The third kappa shape index (κ3) is 3.33. The molecule has 0 fully saturated rings. The number of amides is 1. The molecular formula is C14H16N2O2S. The number of hydrogen-bond acceptors (Lipinski definition) is 4. The SMILES string of the molecule is CNCc1cccc(NC(=O)c2sccc2OC)c1. The highest BCUT2D eigenvalue weighted by Gasteiger charge is 2.13. The number of hydrogen-bond donors (Lipinski definition) is 2. The van der Waals surface area contributed by atoms with Crippen molar-refractivity contribution in [2.75, 3.05) is 19.5 Å². The molecule has 1 aromatic carbocycles. The number of methoxy groups -OCH3 is 1. The molecule has 2 aromatic rings. The van der Waals surface area contributed by atoms with E-state index >= 15 is 0 Å². The first kappa shape index (κ1) is 13.6. The number of carbonyl (C=O) groups excluding carboxylic acids is 1. The first-order chi connectivity index (χ1) is 9.24. The maximum atomic E-state index is 12.1. The monoisotopic (exact) mass is 276 g/mol. The highest BCUT2D eigenvalue weighted by molar-refractivity contribution is 7.12. The summed E-state index contributed by atoms with van der Waals surface area (Å²) in [5, 5.41) is 7.80. The summed E-state index contributed by atoms with van der Waals surface area (Å²) < 4.78 is 5.15. The second kappa shape index (κ2) is 6.36. The molecule has 5 heteroatoms. The van der Waals surface area contributed by atoms with Gasteiger partial charge in [0.15, 0.2) is 0 Å². The molecule has 19 heavy (non-hydrogen) atoms. The highest BCUT2D eigenvalue weighted by atomic mass is 32.1. The summed E-state index contributed by atoms with van der Waals surface area (Å²) in [6.45, 7) is 0.770. The maximum absolute atomic E-state index is 12.1. The smallest absolute Gasteiger partial charge is 0.269 e. The van der Waals surface area contributed by atoms with E-state index in [4.69, 9.17) is 4.74 Å². The number of rotatable bonds is 5. The van der Waals surface area contributed by atoms with Gasteiger partial charge in [0.25, 0.3) is 5.91 Å². The number of benzene rings is 1. The van der Waals surface area contributed by atoms with Gasteiger partial charge in [0.1, 0.15) is 10.6 Å². The van der Waals surface area contributed by atoms with Crippen LogP contribution in [0.1, 0.15) is 15.2 Å². The Morgan fingerprint density at radius 2 is 2.21 bits per heavy atom. The second-order valence-electron chi connectivity index (χ2n) is 4.00. The first-order valence-electron chi connectivity index (χ1n) is 5.91. The van der Waals surface area contributed by atoms with Crippen LogP contribution in [0.2, 0.25) is 0 Å². The van der Waals surface area contributed by atoms with Gasteiger partial charge in [-0.1, -0.05) is 12.1 Å². The van der Waals surface area contributed by atoms with E-state index in [2.05, 4.69) is 10.6 Å². The fraction of sp³-hybridized carbons (Fsp3) is 0.214. The summed E-state index contributed by atoms with van der Waals surface area (Å²) in [5.74, 6) is 0.460. The van der Waals surface area contributed by atoms with Crippen molar-refractivity contribution in [3.05, 3.63) is 46.2 Å². The largest absolute Gasteiger partial charge is 0.495 e. The third-order valence-electron chi connectivity index (χ3n) is 2.62. The average Bonchev–Trinajstić information content (AvgIpc) is 2.88. The summed E-state index contributed by atoms with van der Waals surface area (Å²) in [4.78, 5) is 12.7. The lowest BCUT2D eigenvalue weighted by atomic mass is 10.2. The van der Waals surface area contributed by atoms with Crippen molar-refractivity contribution in [2.45, 2.75) is 6.54 Å². The zero-order valence-electron chi connectivity index (χ0n) is 10.9. The predicted octanol–water partition coefficient (Wildman–Crippen LogP) is 2.73. The van der Waals surface area contributed by atoms with Crippen LogP contribution in [0.4, 0.5) is 5.69 Å². The van der Waals surface area contributed by atoms with E-state index < -0.39 is 0 Å². The standard InChI is InChI=1S/C14H16N2O2S/c1-15-9-10-4-3-5-11(8-10)16-14(17)13-12(18-2)6-7-19-13/h3-8,15H,9H2,1-2H3,(H,16,17). The Balaban J connectivity index is 2.12. The van der Waals surface area contributed by atoms with Gasteiger partial charge < -0.3 is 15.4 Å². The van der Waals surface area contributed by atoms with Gasteiger partial charge in [0.2, 0.25) is 0 Å². The van der Waals surface area contributed by atoms with Gasteiger partial charge in [-0.15, -0.1) is 11.3 Å². The molecule has 100 valence electrons. The minimum Gasteiger partial charge on any atom is -0.495 e. The molecule has 1 aromatic heterocycles. The van der Waals surface area contributed by atoms with Gasteiger partial charge in [0, 0.05) is 12.2 Å². The first-order valence-corrected chi connectivity index (χ1v) is 6.79. The number of anilines is 1. The minimum absolute atomic E-state index is 0.145. The molecule has 1 amide bonds. The molecular weight excluding hydrogens is 260 g/mol. The van der Waals surface area contributed by atoms with Gasteiger partial charge in [-0.3, -0.25) is 4.79 Å². The molecule has 2 rings (SSSR count). The Morgan fingerprint density at radius 1 is 1.37 bits per heavy atom. The molecule has 0 atom stereocenters. The van der Waals surface area contributed by atoms with Crippen LogP contribution in [-0.4, -0.2) is 20.1 Å². The Hall–Kier alpha value is -1.85. The van der Waals surface area contributed by atoms with Crippen LogP contribution in [0.25, 0.3) is 0 Å². The molecule has 0 aliphatic carbocycles. The fourth-order valence-corrected chi connectivity index (χ4v) is 2.53. The van der Waals surface area contributed by atoms with Crippen molar-refractivity contribution in [3.63, 3.8) is 0 Å². The molecule has 0 aliphatic heterocycles. The van der Waals surface area contributed by atoms with Crippen LogP contribution in [0.5, 0.6) is 5.75 Å². The van der Waals surface area contributed by atoms with E-state index in [0.717, 1.165) is 17.8 Å². The number of ether oxygens (including phenoxy) is 1. The van der Waals surface area contributed by atoms with Crippen LogP contribution < -0.4 is 15.4 Å². The Morgan fingerprint density at radius 3 is 2.95 bits per heavy atom. The average molecular weight is 276 g/mol. The molecule has 4 nitrogen and oxygen atoms in total. The van der Waals surface area contributed by atoms with E-state index in [1.54, 1.807) is 13.2 Å². The zero-order chi connectivity index (χ0) is 13.7. The quantitative estimate of drug-likeness (QED) is 0.883. The molecule has 0 unspecified atom stereocenters. The molecule has 2 N–H and O–H groups in total. The summed E-state index contributed by atoms with van der Waals surface area (Å²) in [5.41, 5.74) is 1.91. The van der Waals surface area contributed by atoms with Crippen LogP contribution >= 0.6 is 11.3 Å². The Bertz CT molecular complexity index is 566. The van der Waals surface area contributed by atoms with Gasteiger partial charge in [-0.05, 0) is 36.2 Å². The number of thiophene rings is 1. The zero-order valence-corrected chi connectivity index (χ0v) is 11.7. The molecule has 0 saturated heterocycles. The molecule has 0 aliphatic rings. The van der Waals surface area contributed by atoms with E-state index in [0.29, 0.717) is 10.6 Å². The van der Waals surface area contributed by atoms with Gasteiger partial charge in [-0.25, -0.2) is 0 Å². The van der Waals surface area contributed by atoms with Crippen molar-refractivity contribution < 1.29 is 9.53 Å². The lowest BCUT2D eigenvalue weighted by Gasteiger charge is -2.07. The van der Waals surface area contributed by atoms with Crippen molar-refractivity contribution in [3.8, 4) is 5.75 Å². The van der Waals surface area contributed by atoms with E-state index in [1.807, 2.05) is 36.7 Å². The van der Waals surface area contributed by atoms with E-state index in [9.17, 15) is 4.79 Å². The van der Waals surface area contributed by atoms with Gasteiger partial charge in [-0.2, -0.15) is 0 Å². The number of carbonyl (C=O) groups is 1. The number of nitrogens with one attached hydrogen (secondary N) is 2. The highest BCUT2D eigenvalue weighted by Crippen LogP contribution is 2.25. The van der Waals surface area contributed by atoms with Gasteiger partial charge >= 0.3 is 0 Å². The molecule has 1 heterocycles. The summed E-state index contributed by atoms with van der Waals surface area (Å²) in [6, 6.07) is 9.55. The summed E-state index contributed by atoms with van der Waals surface area (Å²) in [6.07, 6.45) is 0. The van der Waals surface area contributed by atoms with E-state index in [-0.39, 0.29) is 5.91 Å².